The van der Waals surface area contributed by atoms with E-state index in [1.54, 1.807) is 32.4 Å². The highest BCUT2D eigenvalue weighted by Gasteiger charge is 2.34. The monoisotopic (exact) mass is 504 g/mol. The molecule has 0 saturated heterocycles. The van der Waals surface area contributed by atoms with Crippen molar-refractivity contribution in [3.05, 3.63) is 94.8 Å². The van der Waals surface area contributed by atoms with E-state index in [0.29, 0.717) is 24.2 Å². The zero-order valence-electron chi connectivity index (χ0n) is 21.7. The van der Waals surface area contributed by atoms with Gasteiger partial charge in [-0.3, -0.25) is 0 Å². The van der Waals surface area contributed by atoms with Crippen molar-refractivity contribution < 1.29 is 23.7 Å². The number of phenols is 1. The van der Waals surface area contributed by atoms with Crippen LogP contribution in [-0.4, -0.2) is 32.2 Å². The van der Waals surface area contributed by atoms with Crippen LogP contribution in [0, 0.1) is 17.7 Å². The maximum Gasteiger partial charge on any atom is 0.159 e. The molecular weight excluding hydrogens is 467 g/mol. The molecule has 3 aromatic carbocycles. The van der Waals surface area contributed by atoms with Crippen LogP contribution in [0.4, 0.5) is 4.39 Å². The summed E-state index contributed by atoms with van der Waals surface area (Å²) in [4.78, 5) is 0. The maximum absolute atomic E-state index is 15.5. The normalized spacial score (nSPS) is 23.5. The number of rotatable bonds is 8. The van der Waals surface area contributed by atoms with Gasteiger partial charge in [0.25, 0.3) is 0 Å². The predicted molar refractivity (Wildman–Crippen MR) is 143 cm³/mol. The third-order valence-corrected chi connectivity index (χ3v) is 8.38. The van der Waals surface area contributed by atoms with Gasteiger partial charge in [-0.15, -0.1) is 0 Å². The summed E-state index contributed by atoms with van der Waals surface area (Å²) in [6.07, 6.45) is 6.09. The van der Waals surface area contributed by atoms with E-state index in [4.69, 9.17) is 14.2 Å². The number of aromatic hydroxyl groups is 1. The number of hydrogen-bond acceptors (Lipinski definition) is 4. The lowest BCUT2D eigenvalue weighted by molar-refractivity contribution is -0.145. The number of halogens is 1. The Morgan fingerprint density at radius 1 is 0.919 bits per heavy atom. The fourth-order valence-corrected chi connectivity index (χ4v) is 6.35. The van der Waals surface area contributed by atoms with E-state index in [9.17, 15) is 5.11 Å². The molecule has 1 aliphatic carbocycles. The molecule has 5 heteroatoms. The summed E-state index contributed by atoms with van der Waals surface area (Å²) in [7, 11) is 3.41. The second-order valence-electron chi connectivity index (χ2n) is 10.5. The van der Waals surface area contributed by atoms with Crippen molar-refractivity contribution in [1.82, 2.24) is 0 Å². The summed E-state index contributed by atoms with van der Waals surface area (Å²) in [6.45, 7) is 0.476. The second-order valence-corrected chi connectivity index (χ2v) is 10.5. The Kier molecular flexibility index (Phi) is 8.11. The topological polar surface area (TPSA) is 47.9 Å². The first-order chi connectivity index (χ1) is 18.1. The lowest BCUT2D eigenvalue weighted by Gasteiger charge is -2.34. The fourth-order valence-electron chi connectivity index (χ4n) is 6.35. The molecule has 0 aromatic heterocycles. The average molecular weight is 505 g/mol. The lowest BCUT2D eigenvalue weighted by atomic mass is 9.75. The van der Waals surface area contributed by atoms with Crippen molar-refractivity contribution >= 4 is 0 Å². The number of ether oxygens (including phenoxy) is 3. The lowest BCUT2D eigenvalue weighted by Crippen LogP contribution is -2.29. The molecule has 3 aromatic rings. The van der Waals surface area contributed by atoms with Crippen LogP contribution in [0.5, 0.6) is 11.5 Å². The van der Waals surface area contributed by atoms with E-state index in [0.717, 1.165) is 60.8 Å². The van der Waals surface area contributed by atoms with Gasteiger partial charge in [0, 0.05) is 43.6 Å². The number of methoxy groups -OCH3 is 2. The first-order valence-corrected chi connectivity index (χ1v) is 13.4. The molecule has 2 aliphatic rings. The Labute approximate surface area is 219 Å². The second kappa shape index (κ2) is 11.7. The number of aryl methyl sites for hydroxylation is 1. The van der Waals surface area contributed by atoms with E-state index in [-0.39, 0.29) is 29.7 Å². The number of fused-ring (bicyclic) bond motifs is 1. The molecule has 0 spiro atoms. The van der Waals surface area contributed by atoms with Gasteiger partial charge in [-0.1, -0.05) is 48.5 Å². The van der Waals surface area contributed by atoms with Gasteiger partial charge < -0.3 is 19.3 Å². The van der Waals surface area contributed by atoms with E-state index in [2.05, 4.69) is 18.2 Å². The summed E-state index contributed by atoms with van der Waals surface area (Å²) in [5.74, 6) is 1.77. The first kappa shape index (κ1) is 25.7. The molecule has 0 radical (unpaired) electrons. The molecule has 1 saturated carbocycles. The van der Waals surface area contributed by atoms with E-state index < -0.39 is 0 Å². The average Bonchev–Trinajstić information content (AvgIpc) is 2.93. The van der Waals surface area contributed by atoms with Crippen LogP contribution in [0.3, 0.4) is 0 Å². The Bertz CT molecular complexity index is 1170. The van der Waals surface area contributed by atoms with E-state index >= 15 is 4.39 Å². The molecule has 196 valence electrons. The Balaban J connectivity index is 1.32. The molecule has 5 rings (SSSR count). The Morgan fingerprint density at radius 3 is 2.38 bits per heavy atom. The summed E-state index contributed by atoms with van der Waals surface area (Å²) < 4.78 is 32.4. The van der Waals surface area contributed by atoms with Crippen LogP contribution in [0.25, 0.3) is 0 Å². The molecule has 1 fully saturated rings. The van der Waals surface area contributed by atoms with Crippen molar-refractivity contribution in [2.45, 2.75) is 56.7 Å². The third kappa shape index (κ3) is 5.68. The zero-order chi connectivity index (χ0) is 25.8. The smallest absolute Gasteiger partial charge is 0.159 e. The summed E-state index contributed by atoms with van der Waals surface area (Å²) in [6, 6.07) is 21.3. The van der Waals surface area contributed by atoms with Gasteiger partial charge in [-0.05, 0) is 73.3 Å². The minimum Gasteiger partial charge on any atom is -0.508 e. The van der Waals surface area contributed by atoms with Gasteiger partial charge in [0.05, 0.1) is 6.61 Å². The molecule has 0 bridgehead atoms. The zero-order valence-corrected chi connectivity index (χ0v) is 21.7. The Morgan fingerprint density at radius 2 is 1.68 bits per heavy atom. The molecule has 0 amide bonds. The summed E-state index contributed by atoms with van der Waals surface area (Å²) in [5, 5.41) is 9.99. The maximum atomic E-state index is 15.5. The highest BCUT2D eigenvalue weighted by molar-refractivity contribution is 5.50. The molecule has 0 unspecified atom stereocenters. The number of phenolic OH excluding ortho intramolecular Hbond substituents is 1. The highest BCUT2D eigenvalue weighted by atomic mass is 19.1. The van der Waals surface area contributed by atoms with E-state index in [1.807, 2.05) is 30.3 Å². The third-order valence-electron chi connectivity index (χ3n) is 8.38. The molecule has 1 N–H and O–H groups in total. The quantitative estimate of drug-likeness (QED) is 0.330. The molecule has 37 heavy (non-hydrogen) atoms. The van der Waals surface area contributed by atoms with Crippen LogP contribution >= 0.6 is 0 Å². The molecule has 1 heterocycles. The summed E-state index contributed by atoms with van der Waals surface area (Å²) in [5.41, 5.74) is 3.87. The predicted octanol–water partition coefficient (Wildman–Crippen LogP) is 7.20. The first-order valence-electron chi connectivity index (χ1n) is 13.4. The van der Waals surface area contributed by atoms with Gasteiger partial charge in [0.1, 0.15) is 17.3 Å². The molecule has 2 atom stereocenters. The molecule has 1 aliphatic heterocycles. The minimum absolute atomic E-state index is 0.0555. The van der Waals surface area contributed by atoms with Gasteiger partial charge in [-0.2, -0.15) is 0 Å². The standard InChI is InChI=1S/C32H37FO4/c1-35-32(36-2)24-12-9-21(10-13-24)8-11-23-14-15-25(18-29(23)33)31-27-17-16-26(34)19-30(27)37-20-28(31)22-6-4-3-5-7-22/h3-7,14-19,21,24,28,31-32,34H,8-13,20H2,1-2H3/t21?,24?,28-,31-/m0/s1. The molecular formula is C32H37FO4. The van der Waals surface area contributed by atoms with Crippen LogP contribution in [-0.2, 0) is 15.9 Å². The van der Waals surface area contributed by atoms with Crippen molar-refractivity contribution in [2.24, 2.45) is 11.8 Å². The largest absolute Gasteiger partial charge is 0.508 e. The van der Waals surface area contributed by atoms with Crippen molar-refractivity contribution in [2.75, 3.05) is 20.8 Å². The minimum atomic E-state index is -0.136. The van der Waals surface area contributed by atoms with Gasteiger partial charge in [-0.25, -0.2) is 4.39 Å². The van der Waals surface area contributed by atoms with Crippen LogP contribution in [0.15, 0.2) is 66.7 Å². The summed E-state index contributed by atoms with van der Waals surface area (Å²) >= 11 is 0. The van der Waals surface area contributed by atoms with Gasteiger partial charge in [0.15, 0.2) is 6.29 Å². The number of hydrogen-bond donors (Lipinski definition) is 1. The van der Waals surface area contributed by atoms with Crippen molar-refractivity contribution in [3.8, 4) is 11.5 Å². The number of benzene rings is 3. The van der Waals surface area contributed by atoms with Crippen LogP contribution in [0.2, 0.25) is 0 Å². The SMILES string of the molecule is COC(OC)C1CCC(CCc2ccc([C@H]3c4ccc(O)cc4OC[C@H]3c3ccccc3)cc2F)CC1. The fraction of sp³-hybridized carbons (Fsp3) is 0.438. The van der Waals surface area contributed by atoms with Gasteiger partial charge in [0.2, 0.25) is 0 Å². The Hall–Kier alpha value is -2.89. The van der Waals surface area contributed by atoms with Crippen LogP contribution < -0.4 is 4.74 Å². The van der Waals surface area contributed by atoms with Crippen LogP contribution in [0.1, 0.15) is 66.2 Å². The highest BCUT2D eigenvalue weighted by Crippen LogP contribution is 2.47. The van der Waals surface area contributed by atoms with Crippen molar-refractivity contribution in [3.63, 3.8) is 0 Å². The van der Waals surface area contributed by atoms with Crippen molar-refractivity contribution in [1.29, 1.82) is 0 Å². The van der Waals surface area contributed by atoms with Gasteiger partial charge >= 0.3 is 0 Å². The van der Waals surface area contributed by atoms with E-state index in [1.165, 1.54) is 0 Å². The molecule has 4 nitrogen and oxygen atoms in total.